The van der Waals surface area contributed by atoms with Crippen LogP contribution >= 0.6 is 0 Å². The molecule has 6 amide bonds. The quantitative estimate of drug-likeness (QED) is 0.0456. The molecular weight excluding hydrogens is 1080 g/mol. The van der Waals surface area contributed by atoms with Crippen molar-refractivity contribution < 1.29 is 82.8 Å². The lowest BCUT2D eigenvalue weighted by Crippen LogP contribution is -2.60. The van der Waals surface area contributed by atoms with Crippen LogP contribution in [0.4, 0.5) is 10.5 Å². The number of nitrogens with one attached hydrogen (secondary N) is 4. The van der Waals surface area contributed by atoms with Gasteiger partial charge in [-0.25, -0.2) is 9.59 Å². The number of aliphatic hydroxyl groups excluding tert-OH is 3. The second-order valence-electron chi connectivity index (χ2n) is 21.6. The molecule has 2 aromatic carbocycles. The first-order chi connectivity index (χ1) is 39.1. The average Bonchev–Trinajstić information content (AvgIpc) is 4.23. The first-order valence-corrected chi connectivity index (χ1v) is 28.7. The lowest BCUT2D eigenvalue weighted by molar-refractivity contribution is -0.247. The highest BCUT2D eigenvalue weighted by atomic mass is 16.7. The van der Waals surface area contributed by atoms with Gasteiger partial charge < -0.3 is 80.3 Å². The molecule has 0 radical (unpaired) electrons. The van der Waals surface area contributed by atoms with Crippen LogP contribution in [0.2, 0.25) is 0 Å². The van der Waals surface area contributed by atoms with Crippen LogP contribution < -0.4 is 26.0 Å². The van der Waals surface area contributed by atoms with E-state index in [0.717, 1.165) is 11.8 Å². The van der Waals surface area contributed by atoms with Crippen molar-refractivity contribution in [2.24, 2.45) is 23.7 Å². The minimum atomic E-state index is -2.40. The number of ether oxygens (including phenoxy) is 5. The van der Waals surface area contributed by atoms with E-state index in [2.05, 4.69) is 21.3 Å². The number of carbonyl (C=O) groups excluding carboxylic acids is 6. The minimum absolute atomic E-state index is 0.00123. The molecule has 13 atom stereocenters. The number of carbonyl (C=O) groups is 7. The highest BCUT2D eigenvalue weighted by molar-refractivity contribution is 5.93. The monoisotopic (exact) mass is 1180 g/mol. The van der Waals surface area contributed by atoms with E-state index in [1.165, 1.54) is 44.4 Å². The summed E-state index contributed by atoms with van der Waals surface area (Å²) in [4.78, 5) is 99.9. The number of nitrogens with zero attached hydrogens (tertiary/aromatic N) is 3. The van der Waals surface area contributed by atoms with Crippen LogP contribution in [0.3, 0.4) is 0 Å². The number of likely N-dealkylation sites (tertiary alicyclic amines) is 1. The zero-order valence-corrected chi connectivity index (χ0v) is 51.5. The first-order valence-electron chi connectivity index (χ1n) is 28.7. The van der Waals surface area contributed by atoms with Crippen LogP contribution in [0.5, 0.6) is 5.75 Å². The van der Waals surface area contributed by atoms with Crippen LogP contribution in [-0.2, 0) is 54.3 Å². The Bertz CT molecular complexity index is 2340. The molecule has 83 heavy (non-hydrogen) atoms. The topological polar surface area (TPSA) is 325 Å². The molecule has 13 unspecified atom stereocenters. The first kappa shape index (κ1) is 73.1. The Balaban J connectivity index is 0.0000116. The number of rotatable bonds is 33. The molecule has 0 saturated carbocycles. The molecule has 1 fully saturated rings. The molecule has 470 valence electrons. The fourth-order valence-electron chi connectivity index (χ4n) is 10.1. The van der Waals surface area contributed by atoms with Gasteiger partial charge in [0.15, 0.2) is 6.10 Å². The molecule has 1 heterocycles. The molecule has 0 aliphatic carbocycles. The molecule has 2 aromatic rings. The number of carboxylic acids is 1. The molecule has 1 aliphatic rings. The van der Waals surface area contributed by atoms with Gasteiger partial charge >= 0.3 is 12.1 Å². The number of likely N-dealkylation sites (N-methyl/N-ethyl adjacent to an activating group) is 2. The van der Waals surface area contributed by atoms with Gasteiger partial charge in [0.05, 0.1) is 60.6 Å². The molecule has 0 bridgehead atoms. The maximum absolute atomic E-state index is 14.8. The zero-order chi connectivity index (χ0) is 63.0. The lowest BCUT2D eigenvalue weighted by atomic mass is 9.89. The van der Waals surface area contributed by atoms with Crippen LogP contribution in [0, 0.1) is 23.7 Å². The summed E-state index contributed by atoms with van der Waals surface area (Å²) in [6.45, 7) is 19.8. The van der Waals surface area contributed by atoms with E-state index in [-0.39, 0.29) is 48.6 Å². The number of aliphatic hydroxyl groups is 4. The van der Waals surface area contributed by atoms with Gasteiger partial charge in [0.1, 0.15) is 24.4 Å². The van der Waals surface area contributed by atoms with Crippen LogP contribution in [0.25, 0.3) is 0 Å². The second-order valence-corrected chi connectivity index (χ2v) is 21.6. The van der Waals surface area contributed by atoms with Crippen molar-refractivity contribution in [2.75, 3.05) is 53.8 Å². The summed E-state index contributed by atoms with van der Waals surface area (Å²) in [6.07, 6.45) is -9.51. The summed E-state index contributed by atoms with van der Waals surface area (Å²) in [5.41, 5.74) is 0.921. The second kappa shape index (κ2) is 36.0. The van der Waals surface area contributed by atoms with E-state index in [4.69, 9.17) is 23.7 Å². The molecule has 0 aromatic heterocycles. The molecule has 3 rings (SSSR count). The van der Waals surface area contributed by atoms with E-state index in [0.29, 0.717) is 36.9 Å². The Kier molecular flexibility index (Phi) is 31.7. The fraction of sp³-hybridized carbons (Fsp3) is 0.678. The number of aliphatic carboxylic acids is 1. The van der Waals surface area contributed by atoms with Crippen LogP contribution in [-0.4, -0.2) is 197 Å². The molecule has 24 nitrogen and oxygen atoms in total. The third-order valence-corrected chi connectivity index (χ3v) is 14.8. The van der Waals surface area contributed by atoms with Crippen molar-refractivity contribution in [3.8, 4) is 5.75 Å². The standard InChI is InChI=1S/C57H91N7O17.C2H6/c1-15-33(6)47(42(77-13)29-44(67)64-27-19-22-40(64)49(78-14)34(7)51(69)59-35(8)48(68)38-20-17-16-18-21-38)62(11)53(71)45(31(2)3)61-52(70)46(32(4)5)63(12)57(76)79-30-37-23-24-41(39(28-37)60-43(66)25-26-58-10)80-56(55(74)75)81-50(36(9)65)54(72)73;1-2/h16-18,20-21,23-24,28,31-36,40,42,45-50,55-56,58,65,68,74-75H,15,19,22,25-27,29-30H2,1-14H3,(H,59,69)(H,60,66)(H,61,70)(H,72,73);1-2H3. The van der Waals surface area contributed by atoms with Crippen molar-refractivity contribution in [1.82, 2.24) is 30.7 Å². The predicted octanol–water partition coefficient (Wildman–Crippen LogP) is 4.02. The maximum Gasteiger partial charge on any atom is 0.410 e. The Hall–Kier alpha value is -5.99. The smallest absolute Gasteiger partial charge is 0.410 e. The number of methoxy groups -OCH3 is 2. The van der Waals surface area contributed by atoms with Gasteiger partial charge in [0, 0.05) is 47.8 Å². The molecule has 9 N–H and O–H groups in total. The SMILES string of the molecule is CC.CCC(C)C(C(CC(=O)N1CCCC1C(OC)C(C)C(=O)NC(C)C(O)c1ccccc1)OC)N(C)C(=O)C(NC(=O)C(C(C)C)N(C)C(=O)OCc1ccc(OC(OC(C(=O)O)C(C)O)C(O)O)c(NC(=O)CCNC)c1)C(C)C. The van der Waals surface area contributed by atoms with Crippen molar-refractivity contribution in [2.45, 2.75) is 188 Å². The van der Waals surface area contributed by atoms with E-state index < -0.39 is 127 Å². The lowest BCUT2D eigenvalue weighted by Gasteiger charge is -2.41. The number of benzene rings is 2. The summed E-state index contributed by atoms with van der Waals surface area (Å²) in [6, 6.07) is 9.16. The van der Waals surface area contributed by atoms with Crippen LogP contribution in [0.1, 0.15) is 125 Å². The van der Waals surface area contributed by atoms with Gasteiger partial charge in [-0.3, -0.25) is 28.9 Å². The number of amides is 6. The number of carboxylic acid groups (broad SMARTS) is 1. The van der Waals surface area contributed by atoms with E-state index >= 15 is 0 Å². The van der Waals surface area contributed by atoms with Crippen molar-refractivity contribution in [1.29, 1.82) is 0 Å². The highest BCUT2D eigenvalue weighted by Gasteiger charge is 2.44. The van der Waals surface area contributed by atoms with Gasteiger partial charge in [0.2, 0.25) is 35.8 Å². The van der Waals surface area contributed by atoms with Crippen LogP contribution in [0.15, 0.2) is 48.5 Å². The van der Waals surface area contributed by atoms with Gasteiger partial charge in [-0.2, -0.15) is 0 Å². The largest absolute Gasteiger partial charge is 0.479 e. The third-order valence-electron chi connectivity index (χ3n) is 14.8. The average molecular weight is 1180 g/mol. The summed E-state index contributed by atoms with van der Waals surface area (Å²) < 4.78 is 28.4. The summed E-state index contributed by atoms with van der Waals surface area (Å²) in [5, 5.41) is 61.6. The van der Waals surface area contributed by atoms with Gasteiger partial charge in [-0.15, -0.1) is 0 Å². The van der Waals surface area contributed by atoms with Crippen molar-refractivity contribution in [3.63, 3.8) is 0 Å². The fourth-order valence-corrected chi connectivity index (χ4v) is 10.1. The number of anilines is 1. The van der Waals surface area contributed by atoms with Gasteiger partial charge in [0.25, 0.3) is 6.29 Å². The van der Waals surface area contributed by atoms with E-state index in [9.17, 15) is 59.1 Å². The van der Waals surface area contributed by atoms with E-state index in [1.54, 1.807) is 72.7 Å². The maximum atomic E-state index is 14.8. The van der Waals surface area contributed by atoms with Gasteiger partial charge in [-0.1, -0.05) is 105 Å². The van der Waals surface area contributed by atoms with Crippen molar-refractivity contribution >= 4 is 47.3 Å². The third kappa shape index (κ3) is 21.2. The van der Waals surface area contributed by atoms with Crippen molar-refractivity contribution in [3.05, 3.63) is 59.7 Å². The molecular formula is C59H97N7O17. The number of hydrogen-bond donors (Lipinski definition) is 9. The Morgan fingerprint density at radius 1 is 0.819 bits per heavy atom. The Labute approximate surface area is 490 Å². The summed E-state index contributed by atoms with van der Waals surface area (Å²) in [7, 11) is 7.62. The minimum Gasteiger partial charge on any atom is -0.479 e. The predicted molar refractivity (Wildman–Crippen MR) is 310 cm³/mol. The number of hydrogen-bond acceptors (Lipinski definition) is 17. The normalized spacial score (nSPS) is 17.7. The highest BCUT2D eigenvalue weighted by Crippen LogP contribution is 2.32. The molecule has 24 heteroatoms. The Morgan fingerprint density at radius 3 is 1.99 bits per heavy atom. The molecule has 0 spiro atoms. The molecule has 1 saturated heterocycles. The molecule has 1 aliphatic heterocycles. The summed E-state index contributed by atoms with van der Waals surface area (Å²) >= 11 is 0. The van der Waals surface area contributed by atoms with E-state index in [1.807, 2.05) is 45.9 Å². The zero-order valence-electron chi connectivity index (χ0n) is 51.5. The van der Waals surface area contributed by atoms with Gasteiger partial charge in [-0.05, 0) is 74.8 Å². The Morgan fingerprint density at radius 2 is 1.46 bits per heavy atom. The summed E-state index contributed by atoms with van der Waals surface area (Å²) in [5.74, 6) is -5.80.